The van der Waals surface area contributed by atoms with Gasteiger partial charge >= 0.3 is 0 Å². The van der Waals surface area contributed by atoms with Gasteiger partial charge in [0.05, 0.1) is 17.8 Å². The van der Waals surface area contributed by atoms with Crippen molar-refractivity contribution in [1.82, 2.24) is 4.98 Å². The molecule has 50 heavy (non-hydrogen) atoms. The predicted octanol–water partition coefficient (Wildman–Crippen LogP) is 13.2. The summed E-state index contributed by atoms with van der Waals surface area (Å²) in [6, 6.07) is 51.2. The van der Waals surface area contributed by atoms with E-state index in [1.807, 2.05) is 48.5 Å². The molecule has 0 radical (unpaired) electrons. The van der Waals surface area contributed by atoms with Crippen molar-refractivity contribution in [3.05, 3.63) is 181 Å². The number of rotatable bonds is 4. The molecule has 0 amide bonds. The SMILES string of the molecule is [C-]#[N+]c1ccc(-c2ccc(-c3ccc(-c4cccc5c4ccc4c(-c6cc(F)cc(F)c6)nc6ccccc6c45)cc3)c3ccccc23)cc1. The normalized spacial score (nSPS) is 11.4. The van der Waals surface area contributed by atoms with Gasteiger partial charge < -0.3 is 0 Å². The molecular formula is C46H26F2N2. The lowest BCUT2D eigenvalue weighted by molar-refractivity contribution is 0.584. The molecule has 1 aromatic heterocycles. The molecule has 0 aliphatic rings. The van der Waals surface area contributed by atoms with Gasteiger partial charge in [-0.2, -0.15) is 0 Å². The second-order valence-electron chi connectivity index (χ2n) is 12.5. The Labute approximate surface area is 287 Å². The van der Waals surface area contributed by atoms with Gasteiger partial charge in [0, 0.05) is 27.8 Å². The summed E-state index contributed by atoms with van der Waals surface area (Å²) in [6.45, 7) is 7.30. The molecule has 9 rings (SSSR count). The number of hydrogen-bond donors (Lipinski definition) is 0. The number of benzene rings is 8. The third-order valence-electron chi connectivity index (χ3n) is 9.60. The average Bonchev–Trinajstić information content (AvgIpc) is 3.16. The van der Waals surface area contributed by atoms with Gasteiger partial charge in [0.1, 0.15) is 11.6 Å². The van der Waals surface area contributed by atoms with Crippen LogP contribution in [-0.2, 0) is 0 Å². The Morgan fingerprint density at radius 2 is 0.920 bits per heavy atom. The van der Waals surface area contributed by atoms with E-state index in [2.05, 4.69) is 95.8 Å². The maximum atomic E-state index is 14.4. The molecule has 8 aromatic carbocycles. The Morgan fingerprint density at radius 3 is 1.54 bits per heavy atom. The van der Waals surface area contributed by atoms with Gasteiger partial charge in [0.2, 0.25) is 0 Å². The topological polar surface area (TPSA) is 17.2 Å². The molecule has 0 spiro atoms. The van der Waals surface area contributed by atoms with E-state index >= 15 is 0 Å². The molecular weight excluding hydrogens is 619 g/mol. The monoisotopic (exact) mass is 644 g/mol. The third kappa shape index (κ3) is 4.87. The molecule has 0 saturated carbocycles. The fraction of sp³-hybridized carbons (Fsp3) is 0. The molecule has 0 aliphatic carbocycles. The summed E-state index contributed by atoms with van der Waals surface area (Å²) in [6.07, 6.45) is 0. The van der Waals surface area contributed by atoms with Crippen LogP contribution in [0.1, 0.15) is 0 Å². The summed E-state index contributed by atoms with van der Waals surface area (Å²) in [4.78, 5) is 8.43. The molecule has 1 heterocycles. The molecule has 0 saturated heterocycles. The molecule has 0 unspecified atom stereocenters. The molecule has 4 heteroatoms. The lowest BCUT2D eigenvalue weighted by atomic mass is 9.90. The van der Waals surface area contributed by atoms with E-state index in [9.17, 15) is 8.78 Å². The highest BCUT2D eigenvalue weighted by atomic mass is 19.1. The minimum atomic E-state index is -0.634. The summed E-state index contributed by atoms with van der Waals surface area (Å²) in [7, 11) is 0. The van der Waals surface area contributed by atoms with Crippen molar-refractivity contribution >= 4 is 48.9 Å². The first kappa shape index (κ1) is 29.4. The predicted molar refractivity (Wildman–Crippen MR) is 202 cm³/mol. The van der Waals surface area contributed by atoms with Gasteiger partial charge in [-0.05, 0) is 73.1 Å². The van der Waals surface area contributed by atoms with Crippen LogP contribution < -0.4 is 0 Å². The number of aromatic nitrogens is 1. The summed E-state index contributed by atoms with van der Waals surface area (Å²) < 4.78 is 28.7. The lowest BCUT2D eigenvalue weighted by Crippen LogP contribution is -1.93. The van der Waals surface area contributed by atoms with E-state index in [0.29, 0.717) is 16.9 Å². The standard InChI is InChI=1S/C46H26F2N2/c1-49-34-19-17-30(18-20-34)37-22-21-36(38-7-2-3-8-39(37)38)29-15-13-28(14-16-29)35-10-6-11-41-40(35)23-24-43-45(41)42-9-4-5-12-44(42)50-46(43)31-25-32(47)27-33(48)26-31/h2-27H. The summed E-state index contributed by atoms with van der Waals surface area (Å²) in [5, 5.41) is 7.28. The second kappa shape index (κ2) is 11.8. The van der Waals surface area contributed by atoms with Gasteiger partial charge in [-0.1, -0.05) is 133 Å². The van der Waals surface area contributed by atoms with Gasteiger partial charge in [-0.25, -0.2) is 18.6 Å². The van der Waals surface area contributed by atoms with E-state index in [4.69, 9.17) is 11.6 Å². The van der Waals surface area contributed by atoms with Crippen LogP contribution in [0.3, 0.4) is 0 Å². The van der Waals surface area contributed by atoms with Crippen LogP contribution in [0.2, 0.25) is 0 Å². The maximum Gasteiger partial charge on any atom is 0.187 e. The van der Waals surface area contributed by atoms with Crippen LogP contribution in [0.15, 0.2) is 158 Å². The first-order valence-electron chi connectivity index (χ1n) is 16.4. The van der Waals surface area contributed by atoms with Crippen molar-refractivity contribution < 1.29 is 8.78 Å². The van der Waals surface area contributed by atoms with Crippen molar-refractivity contribution in [2.45, 2.75) is 0 Å². The Kier molecular flexibility index (Phi) is 6.93. The van der Waals surface area contributed by atoms with E-state index in [1.165, 1.54) is 12.1 Å². The van der Waals surface area contributed by atoms with Gasteiger partial charge in [-0.15, -0.1) is 0 Å². The Morgan fingerprint density at radius 1 is 0.420 bits per heavy atom. The molecule has 234 valence electrons. The fourth-order valence-corrected chi connectivity index (χ4v) is 7.32. The Balaban J connectivity index is 1.17. The molecule has 0 bridgehead atoms. The molecule has 2 nitrogen and oxygen atoms in total. The fourth-order valence-electron chi connectivity index (χ4n) is 7.32. The number of halogens is 2. The van der Waals surface area contributed by atoms with Crippen molar-refractivity contribution in [3.8, 4) is 44.6 Å². The highest BCUT2D eigenvalue weighted by Gasteiger charge is 2.17. The van der Waals surface area contributed by atoms with Gasteiger partial charge in [0.25, 0.3) is 0 Å². The highest BCUT2D eigenvalue weighted by Crippen LogP contribution is 2.41. The van der Waals surface area contributed by atoms with Crippen LogP contribution in [0.25, 0.3) is 92.7 Å². The number of nitrogens with zero attached hydrogens (tertiary/aromatic N) is 2. The second-order valence-corrected chi connectivity index (χ2v) is 12.5. The molecule has 9 aromatic rings. The van der Waals surface area contributed by atoms with Crippen LogP contribution in [0.4, 0.5) is 14.5 Å². The summed E-state index contributed by atoms with van der Waals surface area (Å²) in [5.41, 5.74) is 9.02. The van der Waals surface area contributed by atoms with Gasteiger partial charge in [0.15, 0.2) is 5.69 Å². The molecule has 0 aliphatic heterocycles. The molecule has 0 atom stereocenters. The highest BCUT2D eigenvalue weighted by molar-refractivity contribution is 6.24. The number of hydrogen-bond acceptors (Lipinski definition) is 1. The minimum Gasteiger partial charge on any atom is -0.247 e. The summed E-state index contributed by atoms with van der Waals surface area (Å²) >= 11 is 0. The van der Waals surface area contributed by atoms with Crippen LogP contribution in [-0.4, -0.2) is 4.98 Å². The average molecular weight is 645 g/mol. The van der Waals surface area contributed by atoms with Crippen molar-refractivity contribution in [2.24, 2.45) is 0 Å². The number of fused-ring (bicyclic) bond motifs is 6. The van der Waals surface area contributed by atoms with Crippen molar-refractivity contribution in [3.63, 3.8) is 0 Å². The van der Waals surface area contributed by atoms with E-state index in [-0.39, 0.29) is 0 Å². The Bertz CT molecular complexity index is 2810. The van der Waals surface area contributed by atoms with Crippen LogP contribution in [0, 0.1) is 18.2 Å². The Hall–Kier alpha value is -6.70. The van der Waals surface area contributed by atoms with E-state index < -0.39 is 11.6 Å². The lowest BCUT2D eigenvalue weighted by Gasteiger charge is -2.15. The summed E-state index contributed by atoms with van der Waals surface area (Å²) in [5.74, 6) is -1.27. The zero-order chi connectivity index (χ0) is 33.8. The first-order chi connectivity index (χ1) is 24.6. The van der Waals surface area contributed by atoms with Crippen molar-refractivity contribution in [1.29, 1.82) is 0 Å². The maximum absolute atomic E-state index is 14.4. The first-order valence-corrected chi connectivity index (χ1v) is 16.4. The van der Waals surface area contributed by atoms with Crippen LogP contribution >= 0.6 is 0 Å². The van der Waals surface area contributed by atoms with E-state index in [1.54, 1.807) is 0 Å². The van der Waals surface area contributed by atoms with Crippen molar-refractivity contribution in [2.75, 3.05) is 0 Å². The zero-order valence-corrected chi connectivity index (χ0v) is 26.7. The number of para-hydroxylation sites is 1. The van der Waals surface area contributed by atoms with Gasteiger partial charge in [-0.3, -0.25) is 0 Å². The largest absolute Gasteiger partial charge is 0.247 e. The minimum absolute atomic E-state index is 0.405. The molecule has 0 N–H and O–H groups in total. The zero-order valence-electron chi connectivity index (χ0n) is 26.7. The third-order valence-corrected chi connectivity index (χ3v) is 9.60. The van der Waals surface area contributed by atoms with Crippen LogP contribution in [0.5, 0.6) is 0 Å². The molecule has 0 fully saturated rings. The van der Waals surface area contributed by atoms with E-state index in [0.717, 1.165) is 82.7 Å². The quantitative estimate of drug-likeness (QED) is 0.138. The smallest absolute Gasteiger partial charge is 0.187 e. The number of pyridine rings is 1.